The van der Waals surface area contributed by atoms with Crippen LogP contribution < -0.4 is 10.6 Å². The van der Waals surface area contributed by atoms with E-state index >= 15 is 0 Å². The van der Waals surface area contributed by atoms with Gasteiger partial charge >= 0.3 is 0 Å². The van der Waals surface area contributed by atoms with Gasteiger partial charge in [0.1, 0.15) is 5.65 Å². The Morgan fingerprint density at radius 2 is 2.29 bits per heavy atom. The van der Waals surface area contributed by atoms with Crippen molar-refractivity contribution in [2.75, 3.05) is 25.4 Å². The lowest BCUT2D eigenvalue weighted by Gasteiger charge is -2.22. The van der Waals surface area contributed by atoms with Crippen LogP contribution in [0.5, 0.6) is 0 Å². The second-order valence-electron chi connectivity index (χ2n) is 5.93. The zero-order chi connectivity index (χ0) is 16.4. The van der Waals surface area contributed by atoms with Crippen LogP contribution in [-0.2, 0) is 4.79 Å². The van der Waals surface area contributed by atoms with E-state index in [-0.39, 0.29) is 5.91 Å². The molecule has 0 aliphatic carbocycles. The van der Waals surface area contributed by atoms with Crippen molar-refractivity contribution in [3.05, 3.63) is 35.0 Å². The van der Waals surface area contributed by atoms with Crippen molar-refractivity contribution in [1.29, 1.82) is 0 Å². The van der Waals surface area contributed by atoms with E-state index in [1.807, 2.05) is 42.2 Å². The Labute approximate surface area is 149 Å². The topological polar surface area (TPSA) is 58.4 Å². The molecule has 1 saturated heterocycles. The molecule has 1 amide bonds. The average molecular weight is 361 g/mol. The molecule has 2 N–H and O–H groups in total. The van der Waals surface area contributed by atoms with E-state index in [0.29, 0.717) is 0 Å². The molecular formula is C17H20N4OS2. The van der Waals surface area contributed by atoms with Crippen molar-refractivity contribution in [3.8, 4) is 0 Å². The van der Waals surface area contributed by atoms with E-state index in [2.05, 4.69) is 20.0 Å². The van der Waals surface area contributed by atoms with Gasteiger partial charge in [-0.3, -0.25) is 9.20 Å². The molecule has 0 saturated carbocycles. The molecule has 0 atom stereocenters. The number of thioether (sulfide) groups is 2. The maximum absolute atomic E-state index is 12.5. The van der Waals surface area contributed by atoms with Crippen LogP contribution in [-0.4, -0.2) is 45.9 Å². The lowest BCUT2D eigenvalue weighted by molar-refractivity contribution is -0.116. The van der Waals surface area contributed by atoms with Crippen LogP contribution >= 0.6 is 23.5 Å². The largest absolute Gasteiger partial charge is 0.351 e. The smallest absolute Gasteiger partial charge is 0.258 e. The van der Waals surface area contributed by atoms with Gasteiger partial charge in [-0.15, -0.1) is 0 Å². The molecule has 0 bridgehead atoms. The summed E-state index contributed by atoms with van der Waals surface area (Å²) in [7, 11) is 0. The third kappa shape index (κ3) is 3.34. The molecule has 4 heterocycles. The molecule has 126 valence electrons. The van der Waals surface area contributed by atoms with E-state index in [9.17, 15) is 4.79 Å². The van der Waals surface area contributed by atoms with E-state index in [4.69, 9.17) is 0 Å². The van der Waals surface area contributed by atoms with Gasteiger partial charge in [-0.2, -0.15) is 11.8 Å². The monoisotopic (exact) mass is 360 g/mol. The molecule has 2 aromatic heterocycles. The molecule has 0 radical (unpaired) electrons. The van der Waals surface area contributed by atoms with Crippen LogP contribution in [0, 0.1) is 0 Å². The molecule has 0 unspecified atom stereocenters. The van der Waals surface area contributed by atoms with Gasteiger partial charge in [0.25, 0.3) is 5.91 Å². The summed E-state index contributed by atoms with van der Waals surface area (Å²) in [6.07, 6.45) is 6.20. The zero-order valence-electron chi connectivity index (χ0n) is 13.3. The number of aromatic nitrogens is 2. The Hall–Kier alpha value is -1.44. The Morgan fingerprint density at radius 1 is 1.42 bits per heavy atom. The van der Waals surface area contributed by atoms with Gasteiger partial charge in [-0.05, 0) is 44.1 Å². The minimum atomic E-state index is 0.00960. The number of nitrogens with zero attached hydrogens (tertiary/aromatic N) is 2. The standard InChI is InChI=1S/C17H20N4OS2/c22-17(19-8-9-23-13-4-6-18-7-5-13)14-10-12-11-20-15-2-1-3-16(24-14)21(12)15/h1-3,10-11,13,18H,4-9H2,(H,19,22). The summed E-state index contributed by atoms with van der Waals surface area (Å²) in [4.78, 5) is 17.6. The first-order valence-electron chi connectivity index (χ1n) is 8.28. The quantitative estimate of drug-likeness (QED) is 0.802. The number of nitrogens with one attached hydrogen (secondary N) is 2. The lowest BCUT2D eigenvalue weighted by atomic mass is 10.2. The summed E-state index contributed by atoms with van der Waals surface area (Å²) >= 11 is 3.48. The molecular weight excluding hydrogens is 340 g/mol. The fourth-order valence-electron chi connectivity index (χ4n) is 3.04. The molecule has 4 rings (SSSR count). The normalized spacial score (nSPS) is 17.8. The van der Waals surface area contributed by atoms with Crippen LogP contribution in [0.4, 0.5) is 0 Å². The summed E-state index contributed by atoms with van der Waals surface area (Å²) in [6.45, 7) is 2.95. The number of amides is 1. The molecule has 24 heavy (non-hydrogen) atoms. The Bertz CT molecular complexity index is 780. The third-order valence-corrected chi connectivity index (χ3v) is 6.70. The molecule has 2 aromatic rings. The highest BCUT2D eigenvalue weighted by atomic mass is 32.2. The summed E-state index contributed by atoms with van der Waals surface area (Å²) in [5, 5.41) is 8.21. The number of hydrogen-bond acceptors (Lipinski definition) is 5. The number of rotatable bonds is 5. The average Bonchev–Trinajstić information content (AvgIpc) is 3.04. The van der Waals surface area contributed by atoms with E-state index < -0.39 is 0 Å². The Morgan fingerprint density at radius 3 is 3.17 bits per heavy atom. The fourth-order valence-corrected chi connectivity index (χ4v) is 5.17. The van der Waals surface area contributed by atoms with Crippen molar-refractivity contribution in [2.45, 2.75) is 23.1 Å². The highest BCUT2D eigenvalue weighted by Crippen LogP contribution is 2.34. The van der Waals surface area contributed by atoms with Gasteiger partial charge in [0, 0.05) is 17.5 Å². The van der Waals surface area contributed by atoms with Crippen LogP contribution in [0.1, 0.15) is 18.5 Å². The van der Waals surface area contributed by atoms with Crippen molar-refractivity contribution < 1.29 is 4.79 Å². The number of carbonyl (C=O) groups excluding carboxylic acids is 1. The zero-order valence-corrected chi connectivity index (χ0v) is 15.0. The minimum absolute atomic E-state index is 0.00960. The first kappa shape index (κ1) is 16.1. The SMILES string of the molecule is O=C(NCCSC1CCNCC1)C1=Cc2cnc3cccc(n23)S1. The number of carbonyl (C=O) groups is 1. The highest BCUT2D eigenvalue weighted by Gasteiger charge is 2.20. The van der Waals surface area contributed by atoms with Crippen LogP contribution in [0.3, 0.4) is 0 Å². The predicted octanol–water partition coefficient (Wildman–Crippen LogP) is 2.38. The number of pyridine rings is 1. The maximum atomic E-state index is 12.5. The number of piperidine rings is 1. The van der Waals surface area contributed by atoms with E-state index in [1.54, 1.807) is 0 Å². The third-order valence-electron chi connectivity index (χ3n) is 4.27. The number of imidazole rings is 1. The van der Waals surface area contributed by atoms with Gasteiger partial charge in [0.15, 0.2) is 0 Å². The molecule has 2 aliphatic heterocycles. The van der Waals surface area contributed by atoms with Gasteiger partial charge in [-0.25, -0.2) is 4.98 Å². The van der Waals surface area contributed by atoms with Crippen molar-refractivity contribution >= 4 is 41.2 Å². The fraction of sp³-hybridized carbons (Fsp3) is 0.412. The highest BCUT2D eigenvalue weighted by molar-refractivity contribution is 8.04. The maximum Gasteiger partial charge on any atom is 0.258 e. The molecule has 0 aromatic carbocycles. The molecule has 7 heteroatoms. The van der Waals surface area contributed by atoms with Crippen molar-refractivity contribution in [3.63, 3.8) is 0 Å². The summed E-state index contributed by atoms with van der Waals surface area (Å²) < 4.78 is 2.08. The molecule has 2 aliphatic rings. The predicted molar refractivity (Wildman–Crippen MR) is 100 cm³/mol. The number of hydrogen-bond donors (Lipinski definition) is 2. The second-order valence-corrected chi connectivity index (χ2v) is 8.40. The van der Waals surface area contributed by atoms with Gasteiger partial charge in [0.2, 0.25) is 0 Å². The van der Waals surface area contributed by atoms with Crippen LogP contribution in [0.2, 0.25) is 0 Å². The first-order chi connectivity index (χ1) is 11.8. The van der Waals surface area contributed by atoms with E-state index in [0.717, 1.165) is 51.9 Å². The summed E-state index contributed by atoms with van der Waals surface area (Å²) in [5.74, 6) is 0.984. The Balaban J connectivity index is 1.33. The van der Waals surface area contributed by atoms with E-state index in [1.165, 1.54) is 24.6 Å². The van der Waals surface area contributed by atoms with Crippen molar-refractivity contribution in [1.82, 2.24) is 20.0 Å². The van der Waals surface area contributed by atoms with Gasteiger partial charge in [-0.1, -0.05) is 17.8 Å². The molecule has 1 fully saturated rings. The molecule has 5 nitrogen and oxygen atoms in total. The summed E-state index contributed by atoms with van der Waals surface area (Å²) in [5.41, 5.74) is 1.89. The van der Waals surface area contributed by atoms with Gasteiger partial charge < -0.3 is 10.6 Å². The minimum Gasteiger partial charge on any atom is -0.351 e. The van der Waals surface area contributed by atoms with Crippen LogP contribution in [0.25, 0.3) is 11.7 Å². The van der Waals surface area contributed by atoms with Crippen molar-refractivity contribution in [2.24, 2.45) is 0 Å². The second kappa shape index (κ2) is 7.21. The summed E-state index contributed by atoms with van der Waals surface area (Å²) in [6, 6.07) is 5.98. The molecule has 0 spiro atoms. The van der Waals surface area contributed by atoms with Gasteiger partial charge in [0.05, 0.1) is 21.8 Å². The Kier molecular flexibility index (Phi) is 4.82. The van der Waals surface area contributed by atoms with Crippen LogP contribution in [0.15, 0.2) is 34.3 Å². The first-order valence-corrected chi connectivity index (χ1v) is 10.1. The lowest BCUT2D eigenvalue weighted by Crippen LogP contribution is -2.31.